The zero-order chi connectivity index (χ0) is 22.7. The molecule has 2 aromatic rings. The monoisotopic (exact) mass is 433 g/mol. The number of hydrogen-bond donors (Lipinski definition) is 6. The minimum atomic E-state index is -1.70. The van der Waals surface area contributed by atoms with Crippen molar-refractivity contribution in [3.05, 3.63) is 53.6 Å². The molecule has 1 saturated heterocycles. The average Bonchev–Trinajstić information content (AvgIpc) is 2.73. The Bertz CT molecular complexity index is 930. The molecule has 0 aromatic heterocycles. The lowest BCUT2D eigenvalue weighted by Gasteiger charge is -2.39. The Morgan fingerprint density at radius 1 is 1.06 bits per heavy atom. The summed E-state index contributed by atoms with van der Waals surface area (Å²) in [5, 5.41) is 70.6. The molecule has 3 rings (SSSR count). The lowest BCUT2D eigenvalue weighted by molar-refractivity contribution is -0.279. The van der Waals surface area contributed by atoms with E-state index in [9.17, 15) is 40.5 Å². The highest BCUT2D eigenvalue weighted by Gasteiger charge is 2.44. The number of ether oxygens (including phenoxy) is 2. The minimum Gasteiger partial charge on any atom is -0.872 e. The number of ketones is 1. The first kappa shape index (κ1) is 22.5. The van der Waals surface area contributed by atoms with E-state index in [1.807, 2.05) is 0 Å². The van der Waals surface area contributed by atoms with Crippen LogP contribution in [-0.4, -0.2) is 73.7 Å². The Hall–Kier alpha value is -3.15. The fraction of sp³-hybridized carbons (Fsp3) is 0.286. The van der Waals surface area contributed by atoms with Crippen molar-refractivity contribution in [3.8, 4) is 23.0 Å². The Labute approximate surface area is 176 Å². The van der Waals surface area contributed by atoms with Crippen molar-refractivity contribution >= 4 is 11.9 Å². The number of allylic oxidation sites excluding steroid dienone is 1. The van der Waals surface area contributed by atoms with Gasteiger partial charge in [-0.15, -0.1) is 0 Å². The number of phenolic OH excluding ortho intramolecular Hbond substituents is 2. The first-order chi connectivity index (χ1) is 14.7. The van der Waals surface area contributed by atoms with Crippen molar-refractivity contribution in [1.29, 1.82) is 0 Å². The molecule has 0 aliphatic carbocycles. The van der Waals surface area contributed by atoms with Gasteiger partial charge in [0.15, 0.2) is 5.78 Å². The van der Waals surface area contributed by atoms with Crippen LogP contribution in [0.2, 0.25) is 0 Å². The number of hydrogen-bond acceptors (Lipinski definition) is 10. The SMILES string of the molecule is O=C(/C=C/c1ccc(O)cc1)c1c([O-])cc(O[C@@H]2O[C@H](CO)[C@@H](O)[C@H](O)[C@H]2O)cc1O. The van der Waals surface area contributed by atoms with Gasteiger partial charge in [0.25, 0.3) is 0 Å². The molecule has 5 atom stereocenters. The molecule has 0 spiro atoms. The minimum absolute atomic E-state index is 0.0537. The molecule has 0 bridgehead atoms. The van der Waals surface area contributed by atoms with E-state index in [1.54, 1.807) is 12.1 Å². The predicted molar refractivity (Wildman–Crippen MR) is 103 cm³/mol. The number of rotatable bonds is 6. The summed E-state index contributed by atoms with van der Waals surface area (Å²) in [5.74, 6) is -2.51. The number of carbonyl (C=O) groups is 1. The molecule has 1 aliphatic heterocycles. The molecule has 10 heteroatoms. The zero-order valence-electron chi connectivity index (χ0n) is 16.0. The fourth-order valence-corrected chi connectivity index (χ4v) is 3.03. The van der Waals surface area contributed by atoms with Gasteiger partial charge < -0.3 is 45.2 Å². The van der Waals surface area contributed by atoms with Crippen molar-refractivity contribution in [3.63, 3.8) is 0 Å². The van der Waals surface area contributed by atoms with Gasteiger partial charge in [-0.1, -0.05) is 24.0 Å². The summed E-state index contributed by atoms with van der Waals surface area (Å²) in [6.45, 7) is -0.663. The highest BCUT2D eigenvalue weighted by Crippen LogP contribution is 2.33. The number of carbonyl (C=O) groups excluding carboxylic acids is 1. The maximum absolute atomic E-state index is 12.4. The quantitative estimate of drug-likeness (QED) is 0.250. The molecule has 6 N–H and O–H groups in total. The number of phenols is 2. The molecule has 10 nitrogen and oxygen atoms in total. The van der Waals surface area contributed by atoms with Gasteiger partial charge in [0.2, 0.25) is 6.29 Å². The molecular formula is C21H21O10-. The summed E-state index contributed by atoms with van der Waals surface area (Å²) in [6.07, 6.45) is -5.24. The van der Waals surface area contributed by atoms with Crippen molar-refractivity contribution in [1.82, 2.24) is 0 Å². The second-order valence-corrected chi connectivity index (χ2v) is 6.92. The second kappa shape index (κ2) is 9.33. The Kier molecular flexibility index (Phi) is 6.78. The van der Waals surface area contributed by atoms with Crippen molar-refractivity contribution in [2.45, 2.75) is 30.7 Å². The average molecular weight is 433 g/mol. The van der Waals surface area contributed by atoms with Crippen LogP contribution < -0.4 is 9.84 Å². The lowest BCUT2D eigenvalue weighted by atomic mass is 9.99. The molecule has 0 amide bonds. The number of aromatic hydroxyl groups is 2. The van der Waals surface area contributed by atoms with Crippen LogP contribution in [0.3, 0.4) is 0 Å². The molecule has 0 saturated carbocycles. The standard InChI is InChI=1S/C21H22O10/c22-9-16-18(27)19(28)20(29)21(31-16)30-12-7-14(25)17(15(26)8-12)13(24)6-3-10-1-4-11(23)5-2-10/h1-8,16,18-23,25-29H,9H2/p-1/b6-3+/t16-,18-,19+,20-,21-/m1/s1. The van der Waals surface area contributed by atoms with E-state index in [2.05, 4.69) is 0 Å². The highest BCUT2D eigenvalue weighted by atomic mass is 16.7. The van der Waals surface area contributed by atoms with E-state index < -0.39 is 60.2 Å². The maximum Gasteiger partial charge on any atom is 0.229 e. The Morgan fingerprint density at radius 3 is 2.35 bits per heavy atom. The summed E-state index contributed by atoms with van der Waals surface area (Å²) in [6, 6.07) is 7.80. The Morgan fingerprint density at radius 2 is 1.74 bits per heavy atom. The summed E-state index contributed by atoms with van der Waals surface area (Å²) in [4.78, 5) is 12.4. The molecule has 31 heavy (non-hydrogen) atoms. The van der Waals surface area contributed by atoms with Crippen LogP contribution in [0, 0.1) is 0 Å². The number of aliphatic hydroxyl groups is 4. The van der Waals surface area contributed by atoms with Crippen LogP contribution in [0.5, 0.6) is 23.0 Å². The number of benzene rings is 2. The molecular weight excluding hydrogens is 412 g/mol. The summed E-state index contributed by atoms with van der Waals surface area (Å²) in [5.41, 5.74) is 0.0804. The van der Waals surface area contributed by atoms with Crippen molar-refractivity contribution in [2.24, 2.45) is 0 Å². The Balaban J connectivity index is 1.77. The molecule has 166 valence electrons. The highest BCUT2D eigenvalue weighted by molar-refractivity contribution is 6.10. The van der Waals surface area contributed by atoms with Crippen LogP contribution in [0.1, 0.15) is 15.9 Å². The van der Waals surface area contributed by atoms with Crippen LogP contribution in [0.15, 0.2) is 42.5 Å². The van der Waals surface area contributed by atoms with Gasteiger partial charge in [-0.3, -0.25) is 4.79 Å². The number of aliphatic hydroxyl groups excluding tert-OH is 4. The first-order valence-corrected chi connectivity index (χ1v) is 9.24. The summed E-state index contributed by atoms with van der Waals surface area (Å²) in [7, 11) is 0. The van der Waals surface area contributed by atoms with Crippen molar-refractivity contribution in [2.75, 3.05) is 6.61 Å². The third kappa shape index (κ3) is 4.95. The molecule has 1 fully saturated rings. The van der Waals surface area contributed by atoms with Gasteiger partial charge in [0, 0.05) is 6.07 Å². The van der Waals surface area contributed by atoms with Crippen LogP contribution in [-0.2, 0) is 4.74 Å². The van der Waals surface area contributed by atoms with Gasteiger partial charge in [-0.05, 0) is 29.8 Å². The largest absolute Gasteiger partial charge is 0.872 e. The molecule has 0 unspecified atom stereocenters. The van der Waals surface area contributed by atoms with Gasteiger partial charge >= 0.3 is 0 Å². The summed E-state index contributed by atoms with van der Waals surface area (Å²) >= 11 is 0. The van der Waals surface area contributed by atoms with E-state index in [0.29, 0.717) is 5.56 Å². The fourth-order valence-electron chi connectivity index (χ4n) is 3.03. The van der Waals surface area contributed by atoms with Crippen LogP contribution in [0.25, 0.3) is 6.08 Å². The van der Waals surface area contributed by atoms with Crippen molar-refractivity contribution < 1.29 is 50.0 Å². The zero-order valence-corrected chi connectivity index (χ0v) is 16.0. The van der Waals surface area contributed by atoms with Gasteiger partial charge in [0.05, 0.1) is 12.2 Å². The second-order valence-electron chi connectivity index (χ2n) is 6.92. The van der Waals surface area contributed by atoms with E-state index in [0.717, 1.165) is 18.2 Å². The van der Waals surface area contributed by atoms with Crippen LogP contribution in [0.4, 0.5) is 0 Å². The molecule has 1 heterocycles. The van der Waals surface area contributed by atoms with Crippen LogP contribution >= 0.6 is 0 Å². The normalized spacial score (nSPS) is 26.1. The van der Waals surface area contributed by atoms with Gasteiger partial charge in [0.1, 0.15) is 41.7 Å². The van der Waals surface area contributed by atoms with E-state index in [1.165, 1.54) is 18.2 Å². The molecule has 0 radical (unpaired) electrons. The van der Waals surface area contributed by atoms with Gasteiger partial charge in [-0.25, -0.2) is 0 Å². The lowest BCUT2D eigenvalue weighted by Crippen LogP contribution is -2.60. The maximum atomic E-state index is 12.4. The van der Waals surface area contributed by atoms with E-state index in [4.69, 9.17) is 9.47 Å². The summed E-state index contributed by atoms with van der Waals surface area (Å²) < 4.78 is 10.5. The van der Waals surface area contributed by atoms with Gasteiger partial charge in [-0.2, -0.15) is 0 Å². The van der Waals surface area contributed by atoms with E-state index >= 15 is 0 Å². The third-order valence-electron chi connectivity index (χ3n) is 4.72. The predicted octanol–water partition coefficient (Wildman–Crippen LogP) is -0.754. The topological polar surface area (TPSA) is 180 Å². The molecule has 1 aliphatic rings. The molecule has 2 aromatic carbocycles. The first-order valence-electron chi connectivity index (χ1n) is 9.24. The third-order valence-corrected chi connectivity index (χ3v) is 4.72. The smallest absolute Gasteiger partial charge is 0.229 e. The van der Waals surface area contributed by atoms with E-state index in [-0.39, 0.29) is 11.5 Å².